The van der Waals surface area contributed by atoms with Gasteiger partial charge < -0.3 is 21.1 Å². The second kappa shape index (κ2) is 5.86. The molecule has 0 saturated carbocycles. The van der Waals surface area contributed by atoms with Crippen molar-refractivity contribution in [2.75, 3.05) is 6.54 Å². The van der Waals surface area contributed by atoms with Crippen molar-refractivity contribution in [1.82, 2.24) is 10.3 Å². The number of carbonyl (C=O) groups excluding carboxylic acids is 1. The van der Waals surface area contributed by atoms with E-state index in [9.17, 15) is 4.79 Å². The van der Waals surface area contributed by atoms with Gasteiger partial charge >= 0.3 is 0 Å². The predicted molar refractivity (Wildman–Crippen MR) is 74.7 cm³/mol. The number of amides is 1. The summed E-state index contributed by atoms with van der Waals surface area (Å²) in [5, 5.41) is 12.8. The Morgan fingerprint density at radius 2 is 2.21 bits per heavy atom. The zero-order chi connectivity index (χ0) is 13.8. The van der Waals surface area contributed by atoms with Crippen LogP contribution in [0.15, 0.2) is 30.5 Å². The van der Waals surface area contributed by atoms with Crippen LogP contribution in [0.25, 0.3) is 10.9 Å². The molecular formula is C14H19N3O2. The molecular weight excluding hydrogens is 242 g/mol. The van der Waals surface area contributed by atoms with Crippen LogP contribution in [0.4, 0.5) is 0 Å². The molecule has 0 aliphatic heterocycles. The smallest absolute Gasteiger partial charge is 0.237 e. The molecule has 1 aromatic heterocycles. The first-order valence-electron chi connectivity index (χ1n) is 6.34. The van der Waals surface area contributed by atoms with Gasteiger partial charge in [-0.05, 0) is 25.0 Å². The lowest BCUT2D eigenvalue weighted by Crippen LogP contribution is -2.44. The molecule has 0 saturated heterocycles. The normalized spacial score (nSPS) is 14.3. The number of aromatic amines is 1. The summed E-state index contributed by atoms with van der Waals surface area (Å²) >= 11 is 0. The lowest BCUT2D eigenvalue weighted by atomic mass is 10.1. The van der Waals surface area contributed by atoms with Crippen LogP contribution in [0.5, 0.6) is 0 Å². The number of benzene rings is 1. The molecule has 0 aliphatic rings. The fraction of sp³-hybridized carbons (Fsp3) is 0.357. The van der Waals surface area contributed by atoms with Crippen LogP contribution in [0.1, 0.15) is 12.5 Å². The fourth-order valence-electron chi connectivity index (χ4n) is 2.01. The van der Waals surface area contributed by atoms with Crippen molar-refractivity contribution in [3.63, 3.8) is 0 Å². The highest BCUT2D eigenvalue weighted by Crippen LogP contribution is 2.18. The Morgan fingerprint density at radius 1 is 1.47 bits per heavy atom. The molecule has 2 rings (SSSR count). The van der Waals surface area contributed by atoms with Crippen LogP contribution in [0.3, 0.4) is 0 Å². The summed E-state index contributed by atoms with van der Waals surface area (Å²) in [6.45, 7) is 1.84. The highest BCUT2D eigenvalue weighted by atomic mass is 16.3. The van der Waals surface area contributed by atoms with Crippen LogP contribution in [0.2, 0.25) is 0 Å². The number of hydrogen-bond donors (Lipinski definition) is 4. The molecule has 5 nitrogen and oxygen atoms in total. The van der Waals surface area contributed by atoms with Crippen LogP contribution in [0, 0.1) is 0 Å². The van der Waals surface area contributed by atoms with E-state index in [2.05, 4.69) is 10.3 Å². The number of rotatable bonds is 5. The van der Waals surface area contributed by atoms with Gasteiger partial charge in [0.15, 0.2) is 0 Å². The Morgan fingerprint density at radius 3 is 2.95 bits per heavy atom. The van der Waals surface area contributed by atoms with E-state index in [0.717, 1.165) is 16.5 Å². The molecule has 1 amide bonds. The first kappa shape index (κ1) is 13.6. The molecule has 0 fully saturated rings. The third-order valence-corrected chi connectivity index (χ3v) is 3.02. The van der Waals surface area contributed by atoms with E-state index in [1.54, 1.807) is 6.92 Å². The van der Waals surface area contributed by atoms with Gasteiger partial charge in [-0.3, -0.25) is 4.79 Å². The molecule has 5 N–H and O–H groups in total. The van der Waals surface area contributed by atoms with Crippen molar-refractivity contribution in [3.05, 3.63) is 36.0 Å². The number of H-pyrrole nitrogens is 1. The molecule has 0 unspecified atom stereocenters. The first-order chi connectivity index (χ1) is 9.08. The molecule has 0 aliphatic carbocycles. The highest BCUT2D eigenvalue weighted by molar-refractivity contribution is 5.86. The molecule has 102 valence electrons. The van der Waals surface area contributed by atoms with Crippen LogP contribution >= 0.6 is 0 Å². The van der Waals surface area contributed by atoms with Crippen molar-refractivity contribution in [3.8, 4) is 0 Å². The number of hydrogen-bond acceptors (Lipinski definition) is 3. The van der Waals surface area contributed by atoms with E-state index in [-0.39, 0.29) is 12.5 Å². The van der Waals surface area contributed by atoms with E-state index in [4.69, 9.17) is 10.8 Å². The standard InChI is InChI=1S/C14H19N3O2/c1-9(18)7-17-14(19)12(15)6-10-8-16-13-5-3-2-4-11(10)13/h2-5,8-9,12,16,18H,6-7,15H2,1H3,(H,17,19)/t9-,12-/m0/s1. The Bertz CT molecular complexity index is 563. The largest absolute Gasteiger partial charge is 0.392 e. The van der Waals surface area contributed by atoms with Crippen LogP contribution in [-0.2, 0) is 11.2 Å². The average Bonchev–Trinajstić information content (AvgIpc) is 2.79. The van der Waals surface area contributed by atoms with Crippen molar-refractivity contribution >= 4 is 16.8 Å². The monoisotopic (exact) mass is 261 g/mol. The van der Waals surface area contributed by atoms with E-state index in [1.807, 2.05) is 30.5 Å². The van der Waals surface area contributed by atoms with Crippen molar-refractivity contribution in [2.45, 2.75) is 25.5 Å². The summed E-state index contributed by atoms with van der Waals surface area (Å²) in [4.78, 5) is 14.9. The second-order valence-electron chi connectivity index (χ2n) is 4.76. The van der Waals surface area contributed by atoms with Crippen molar-refractivity contribution < 1.29 is 9.90 Å². The molecule has 2 aromatic rings. The molecule has 1 heterocycles. The zero-order valence-electron chi connectivity index (χ0n) is 10.9. The summed E-state index contributed by atoms with van der Waals surface area (Å²) in [6, 6.07) is 7.29. The summed E-state index contributed by atoms with van der Waals surface area (Å²) in [5.74, 6) is -0.244. The van der Waals surface area contributed by atoms with Gasteiger partial charge in [-0.2, -0.15) is 0 Å². The quantitative estimate of drug-likeness (QED) is 0.633. The van der Waals surface area contributed by atoms with Crippen LogP contribution < -0.4 is 11.1 Å². The Balaban J connectivity index is 2.02. The lowest BCUT2D eigenvalue weighted by Gasteiger charge is -2.12. The van der Waals surface area contributed by atoms with Crippen molar-refractivity contribution in [2.24, 2.45) is 5.73 Å². The van der Waals surface area contributed by atoms with Gasteiger partial charge in [-0.25, -0.2) is 0 Å². The average molecular weight is 261 g/mol. The number of aliphatic hydroxyl groups is 1. The first-order valence-corrected chi connectivity index (χ1v) is 6.34. The van der Waals surface area contributed by atoms with Gasteiger partial charge in [0.05, 0.1) is 12.1 Å². The van der Waals surface area contributed by atoms with Gasteiger partial charge in [0.25, 0.3) is 0 Å². The molecule has 0 radical (unpaired) electrons. The van der Waals surface area contributed by atoms with Crippen LogP contribution in [-0.4, -0.2) is 34.7 Å². The van der Waals surface area contributed by atoms with Gasteiger partial charge in [0.1, 0.15) is 0 Å². The van der Waals surface area contributed by atoms with Gasteiger partial charge in [0.2, 0.25) is 5.91 Å². The van der Waals surface area contributed by atoms with E-state index >= 15 is 0 Å². The Labute approximate surface area is 111 Å². The highest BCUT2D eigenvalue weighted by Gasteiger charge is 2.16. The molecule has 1 aromatic carbocycles. The summed E-state index contributed by atoms with van der Waals surface area (Å²) in [6.07, 6.45) is 1.78. The zero-order valence-corrected chi connectivity index (χ0v) is 10.9. The molecule has 0 spiro atoms. The predicted octanol–water partition coefficient (Wildman–Crippen LogP) is 0.535. The number of para-hydroxylation sites is 1. The number of aliphatic hydroxyl groups excluding tert-OH is 1. The minimum absolute atomic E-state index is 0.223. The number of nitrogens with two attached hydrogens (primary N) is 1. The molecule has 2 atom stereocenters. The number of fused-ring (bicyclic) bond motifs is 1. The summed E-state index contributed by atoms with van der Waals surface area (Å²) < 4.78 is 0. The number of nitrogens with one attached hydrogen (secondary N) is 2. The Kier molecular flexibility index (Phi) is 4.19. The maximum absolute atomic E-state index is 11.8. The number of aromatic nitrogens is 1. The molecule has 19 heavy (non-hydrogen) atoms. The third-order valence-electron chi connectivity index (χ3n) is 3.02. The maximum atomic E-state index is 11.8. The summed E-state index contributed by atoms with van der Waals surface area (Å²) in [7, 11) is 0. The van der Waals surface area contributed by atoms with E-state index < -0.39 is 12.1 Å². The van der Waals surface area contributed by atoms with Gasteiger partial charge in [0, 0.05) is 23.6 Å². The van der Waals surface area contributed by atoms with Gasteiger partial charge in [-0.1, -0.05) is 18.2 Å². The SMILES string of the molecule is C[C@H](O)CNC(=O)[C@@H](N)Cc1c[nH]c2ccccc12. The van der Waals surface area contributed by atoms with E-state index in [0.29, 0.717) is 6.42 Å². The van der Waals surface area contributed by atoms with Gasteiger partial charge in [-0.15, -0.1) is 0 Å². The summed E-state index contributed by atoms with van der Waals surface area (Å²) in [5.41, 5.74) is 7.94. The minimum atomic E-state index is -0.613. The maximum Gasteiger partial charge on any atom is 0.237 e. The fourth-order valence-corrected chi connectivity index (χ4v) is 2.01. The number of carbonyl (C=O) groups is 1. The van der Waals surface area contributed by atoms with Crippen molar-refractivity contribution in [1.29, 1.82) is 0 Å². The minimum Gasteiger partial charge on any atom is -0.392 e. The lowest BCUT2D eigenvalue weighted by molar-refractivity contribution is -0.122. The molecule has 5 heteroatoms. The Hall–Kier alpha value is -1.85. The second-order valence-corrected chi connectivity index (χ2v) is 4.76. The van der Waals surface area contributed by atoms with E-state index in [1.165, 1.54) is 0 Å². The topological polar surface area (TPSA) is 91.1 Å². The molecule has 0 bridgehead atoms. The third kappa shape index (κ3) is 3.33.